The molecule has 1 aliphatic heterocycles. The van der Waals surface area contributed by atoms with Gasteiger partial charge >= 0.3 is 12.2 Å². The van der Waals surface area contributed by atoms with Gasteiger partial charge in [-0.2, -0.15) is 13.2 Å². The Balaban J connectivity index is 1.38. The van der Waals surface area contributed by atoms with Crippen LogP contribution in [0.1, 0.15) is 38.3 Å². The second-order valence-electron chi connectivity index (χ2n) is 11.5. The molecule has 1 aromatic heterocycles. The van der Waals surface area contributed by atoms with E-state index in [1.165, 1.54) is 6.07 Å². The number of fused-ring (bicyclic) bond motifs is 2. The lowest BCUT2D eigenvalue weighted by molar-refractivity contribution is -0.137. The van der Waals surface area contributed by atoms with E-state index in [9.17, 15) is 22.8 Å². The molecule has 41 heavy (non-hydrogen) atoms. The van der Waals surface area contributed by atoms with Gasteiger partial charge in [0.2, 0.25) is 5.91 Å². The summed E-state index contributed by atoms with van der Waals surface area (Å²) in [5.74, 6) is -1.18. The molecule has 2 atom stereocenters. The Kier molecular flexibility index (Phi) is 7.63. The number of urea groups is 1. The van der Waals surface area contributed by atoms with Gasteiger partial charge in [0.25, 0.3) is 0 Å². The molecule has 3 aromatic rings. The molecule has 2 aromatic carbocycles. The van der Waals surface area contributed by atoms with Crippen LogP contribution in [0.25, 0.3) is 16.6 Å². The number of nitrogens with one attached hydrogen (secondary N) is 2. The van der Waals surface area contributed by atoms with Crippen LogP contribution >= 0.6 is 0 Å². The summed E-state index contributed by atoms with van der Waals surface area (Å²) in [7, 11) is 0. The molecule has 1 aliphatic carbocycles. The summed E-state index contributed by atoms with van der Waals surface area (Å²) in [4.78, 5) is 28.2. The van der Waals surface area contributed by atoms with E-state index in [4.69, 9.17) is 0 Å². The Morgan fingerprint density at radius 2 is 1.85 bits per heavy atom. The Morgan fingerprint density at radius 1 is 1.07 bits per heavy atom. The molecule has 0 saturated carbocycles. The van der Waals surface area contributed by atoms with E-state index in [1.54, 1.807) is 27.8 Å². The maximum absolute atomic E-state index is 13.5. The summed E-state index contributed by atoms with van der Waals surface area (Å²) in [6.07, 6.45) is -0.519. The van der Waals surface area contributed by atoms with Crippen molar-refractivity contribution in [3.63, 3.8) is 0 Å². The standard InChI is InChI=1S/C30H33F3N6O2/c1-29(2,3)35-28(41)38-15-13-22-21(19-7-6-8-20(17-19)30(31,32)33)11-12-23(24(22)18-38)27(40)34-14-16-39-26-10-5-4-9-25(26)36-37-39/h4-12,17,23-24H,13-16,18H2,1-3H3,(H,34,40)(H,35,41). The van der Waals surface area contributed by atoms with Crippen LogP contribution in [-0.4, -0.2) is 57.0 Å². The van der Waals surface area contributed by atoms with Crippen molar-refractivity contribution in [2.24, 2.45) is 11.8 Å². The van der Waals surface area contributed by atoms with Crippen LogP contribution in [0.3, 0.4) is 0 Å². The zero-order valence-corrected chi connectivity index (χ0v) is 23.2. The number of rotatable bonds is 5. The van der Waals surface area contributed by atoms with E-state index in [1.807, 2.05) is 45.0 Å². The van der Waals surface area contributed by atoms with Crippen molar-refractivity contribution in [1.29, 1.82) is 0 Å². The number of likely N-dealkylation sites (tertiary alicyclic amines) is 1. The number of aromatic nitrogens is 3. The lowest BCUT2D eigenvalue weighted by Gasteiger charge is -2.41. The number of piperidine rings is 1. The number of hydrogen-bond acceptors (Lipinski definition) is 4. The molecule has 11 heteroatoms. The quantitative estimate of drug-likeness (QED) is 0.453. The van der Waals surface area contributed by atoms with Crippen LogP contribution in [0.4, 0.5) is 18.0 Å². The van der Waals surface area contributed by atoms with Gasteiger partial charge in [-0.3, -0.25) is 4.79 Å². The average molecular weight is 567 g/mol. The van der Waals surface area contributed by atoms with Gasteiger partial charge in [-0.1, -0.05) is 47.2 Å². The third-order valence-electron chi connectivity index (χ3n) is 7.38. The number of carbonyl (C=O) groups is 2. The van der Waals surface area contributed by atoms with Crippen molar-refractivity contribution in [1.82, 2.24) is 30.5 Å². The number of para-hydroxylation sites is 1. The van der Waals surface area contributed by atoms with Gasteiger partial charge in [0.15, 0.2) is 0 Å². The summed E-state index contributed by atoms with van der Waals surface area (Å²) in [5.41, 5.74) is 2.47. The van der Waals surface area contributed by atoms with Crippen molar-refractivity contribution >= 4 is 28.5 Å². The van der Waals surface area contributed by atoms with E-state index in [0.29, 0.717) is 37.2 Å². The molecule has 2 N–H and O–H groups in total. The molecule has 8 nitrogen and oxygen atoms in total. The molecule has 2 heterocycles. The Hall–Kier alpha value is -4.15. The van der Waals surface area contributed by atoms with Crippen molar-refractivity contribution in [3.05, 3.63) is 77.4 Å². The minimum atomic E-state index is -4.47. The average Bonchev–Trinajstić information content (AvgIpc) is 3.33. The third-order valence-corrected chi connectivity index (χ3v) is 7.38. The maximum atomic E-state index is 13.5. The lowest BCUT2D eigenvalue weighted by atomic mass is 9.73. The first-order chi connectivity index (χ1) is 19.4. The number of nitrogens with zero attached hydrogens (tertiary/aromatic N) is 4. The number of allylic oxidation sites excluding steroid dienone is 2. The van der Waals surface area contributed by atoms with Crippen LogP contribution in [0.15, 0.2) is 66.3 Å². The van der Waals surface area contributed by atoms with Gasteiger partial charge in [0, 0.05) is 31.1 Å². The summed E-state index contributed by atoms with van der Waals surface area (Å²) < 4.78 is 42.1. The number of alkyl halides is 3. The fourth-order valence-electron chi connectivity index (χ4n) is 5.47. The minimum Gasteiger partial charge on any atom is -0.354 e. The summed E-state index contributed by atoms with van der Waals surface area (Å²) in [5, 5.41) is 14.3. The lowest BCUT2D eigenvalue weighted by Crippen LogP contribution is -2.53. The Labute approximate surface area is 236 Å². The monoisotopic (exact) mass is 566 g/mol. The molecule has 3 amide bonds. The second-order valence-corrected chi connectivity index (χ2v) is 11.5. The normalized spacial score (nSPS) is 19.3. The van der Waals surface area contributed by atoms with Gasteiger partial charge < -0.3 is 15.5 Å². The number of amides is 3. The van der Waals surface area contributed by atoms with Crippen molar-refractivity contribution in [2.75, 3.05) is 19.6 Å². The fraction of sp³-hybridized carbons (Fsp3) is 0.400. The van der Waals surface area contributed by atoms with E-state index < -0.39 is 23.2 Å². The number of benzene rings is 2. The van der Waals surface area contributed by atoms with Crippen LogP contribution in [0.5, 0.6) is 0 Å². The third kappa shape index (κ3) is 6.28. The van der Waals surface area contributed by atoms with Crippen LogP contribution in [0, 0.1) is 11.8 Å². The van der Waals surface area contributed by atoms with Gasteiger partial charge in [-0.15, -0.1) is 5.10 Å². The molecule has 1 saturated heterocycles. The molecule has 2 aliphatic rings. The highest BCUT2D eigenvalue weighted by Crippen LogP contribution is 2.41. The predicted molar refractivity (Wildman–Crippen MR) is 149 cm³/mol. The molecular formula is C30H33F3N6O2. The first-order valence-corrected chi connectivity index (χ1v) is 13.6. The first-order valence-electron chi connectivity index (χ1n) is 13.6. The highest BCUT2D eigenvalue weighted by Gasteiger charge is 2.39. The maximum Gasteiger partial charge on any atom is 0.416 e. The predicted octanol–water partition coefficient (Wildman–Crippen LogP) is 5.04. The first kappa shape index (κ1) is 28.4. The zero-order valence-electron chi connectivity index (χ0n) is 23.2. The molecule has 0 spiro atoms. The Bertz CT molecular complexity index is 1520. The molecule has 0 radical (unpaired) electrons. The minimum absolute atomic E-state index is 0.214. The van der Waals surface area contributed by atoms with Gasteiger partial charge in [-0.25, -0.2) is 9.48 Å². The molecular weight excluding hydrogens is 533 g/mol. The van der Waals surface area contributed by atoms with Crippen LogP contribution < -0.4 is 10.6 Å². The van der Waals surface area contributed by atoms with Gasteiger partial charge in [0.05, 0.1) is 23.5 Å². The molecule has 1 fully saturated rings. The number of halogens is 3. The van der Waals surface area contributed by atoms with E-state index >= 15 is 0 Å². The largest absolute Gasteiger partial charge is 0.416 e. The smallest absolute Gasteiger partial charge is 0.354 e. The van der Waals surface area contributed by atoms with E-state index in [2.05, 4.69) is 20.9 Å². The van der Waals surface area contributed by atoms with Gasteiger partial charge in [0.1, 0.15) is 5.52 Å². The highest BCUT2D eigenvalue weighted by molar-refractivity contribution is 5.87. The topological polar surface area (TPSA) is 92.2 Å². The number of carbonyl (C=O) groups excluding carboxylic acids is 2. The number of hydrogen-bond donors (Lipinski definition) is 2. The highest BCUT2D eigenvalue weighted by atomic mass is 19.4. The Morgan fingerprint density at radius 3 is 2.61 bits per heavy atom. The van der Waals surface area contributed by atoms with Crippen LogP contribution in [-0.2, 0) is 17.5 Å². The van der Waals surface area contributed by atoms with Crippen molar-refractivity contribution in [2.45, 2.75) is 45.5 Å². The molecule has 5 rings (SSSR count). The summed E-state index contributed by atoms with van der Waals surface area (Å²) in [6.45, 7) is 7.09. The zero-order chi connectivity index (χ0) is 29.4. The van der Waals surface area contributed by atoms with Crippen molar-refractivity contribution in [3.8, 4) is 0 Å². The second kappa shape index (κ2) is 11.0. The van der Waals surface area contributed by atoms with E-state index in [0.717, 1.165) is 28.7 Å². The van der Waals surface area contributed by atoms with Crippen molar-refractivity contribution < 1.29 is 22.8 Å². The molecule has 2 unspecified atom stereocenters. The molecule has 0 bridgehead atoms. The van der Waals surface area contributed by atoms with E-state index in [-0.39, 0.29) is 24.4 Å². The SMILES string of the molecule is CC(C)(C)NC(=O)N1CCC2=C(c3cccc(C(F)(F)F)c3)C=CC(C(=O)NCCn3nnc4ccccc43)C2C1. The summed E-state index contributed by atoms with van der Waals surface area (Å²) >= 11 is 0. The van der Waals surface area contributed by atoms with Gasteiger partial charge in [-0.05, 0) is 62.6 Å². The van der Waals surface area contributed by atoms with Crippen LogP contribution in [0.2, 0.25) is 0 Å². The fourth-order valence-corrected chi connectivity index (χ4v) is 5.47. The summed E-state index contributed by atoms with van der Waals surface area (Å²) in [6, 6.07) is 12.6. The molecule has 216 valence electrons.